The predicted molar refractivity (Wildman–Crippen MR) is 146 cm³/mol. The van der Waals surface area contributed by atoms with Gasteiger partial charge in [0.05, 0.1) is 0 Å². The van der Waals surface area contributed by atoms with Crippen LogP contribution in [0.1, 0.15) is 85.3 Å². The Bertz CT molecular complexity index is 1180. The topological polar surface area (TPSA) is 63.1 Å². The molecule has 36 heavy (non-hydrogen) atoms. The van der Waals surface area contributed by atoms with Gasteiger partial charge in [-0.3, -0.25) is 9.78 Å². The molecule has 0 aliphatic heterocycles. The average molecular weight is 666 g/mol. The fraction of sp³-hybridized carbons (Fsp3) is 0.452. The van der Waals surface area contributed by atoms with Crippen LogP contribution in [0, 0.1) is 23.8 Å². The molecule has 0 saturated heterocycles. The first-order valence-electron chi connectivity index (χ1n) is 12.5. The monoisotopic (exact) mass is 666 g/mol. The minimum Gasteiger partial charge on any atom is -0.512 e. The first-order valence-corrected chi connectivity index (χ1v) is 12.5. The molecule has 1 N–H and O–H groups in total. The first kappa shape index (κ1) is 31.7. The number of ketones is 1. The van der Waals surface area contributed by atoms with E-state index in [9.17, 15) is 9.90 Å². The van der Waals surface area contributed by atoms with E-state index in [1.165, 1.54) is 17.2 Å². The Morgan fingerprint density at radius 2 is 1.64 bits per heavy atom. The zero-order chi connectivity index (χ0) is 26.4. The molecule has 2 aromatic heterocycles. The Morgan fingerprint density at radius 3 is 2.19 bits per heavy atom. The summed E-state index contributed by atoms with van der Waals surface area (Å²) in [7, 11) is 0. The number of allylic oxidation sites excluding steroid dienone is 2. The summed E-state index contributed by atoms with van der Waals surface area (Å²) in [5.41, 5.74) is 3.85. The molecule has 197 valence electrons. The van der Waals surface area contributed by atoms with Gasteiger partial charge in [-0.25, -0.2) is 0 Å². The molecule has 3 aromatic rings. The number of aliphatic hydroxyl groups excluding tert-OH is 1. The van der Waals surface area contributed by atoms with Crippen molar-refractivity contribution in [3.8, 4) is 11.3 Å². The number of aromatic nitrogens is 2. The molecule has 0 amide bonds. The van der Waals surface area contributed by atoms with E-state index in [-0.39, 0.29) is 37.1 Å². The third kappa shape index (κ3) is 8.94. The molecular weight excluding hydrogens is 625 g/mol. The molecule has 5 heteroatoms. The fourth-order valence-electron chi connectivity index (χ4n) is 3.56. The molecule has 0 atom stereocenters. The van der Waals surface area contributed by atoms with Gasteiger partial charge in [0.15, 0.2) is 5.78 Å². The van der Waals surface area contributed by atoms with Crippen molar-refractivity contribution in [2.45, 2.75) is 81.1 Å². The van der Waals surface area contributed by atoms with Crippen molar-refractivity contribution in [1.82, 2.24) is 9.97 Å². The zero-order valence-electron chi connectivity index (χ0n) is 23.2. The van der Waals surface area contributed by atoms with Gasteiger partial charge in [0.25, 0.3) is 0 Å². The molecule has 2 heterocycles. The van der Waals surface area contributed by atoms with Crippen molar-refractivity contribution < 1.29 is 30.0 Å². The van der Waals surface area contributed by atoms with Crippen LogP contribution in [-0.4, -0.2) is 20.9 Å². The second-order valence-electron chi connectivity index (χ2n) is 11.2. The largest absolute Gasteiger partial charge is 0.512 e. The minimum absolute atomic E-state index is 0. The molecule has 0 unspecified atom stereocenters. The van der Waals surface area contributed by atoms with E-state index in [1.807, 2.05) is 60.0 Å². The summed E-state index contributed by atoms with van der Waals surface area (Å²) >= 11 is 0. The van der Waals surface area contributed by atoms with E-state index in [1.54, 1.807) is 6.20 Å². The van der Waals surface area contributed by atoms with Gasteiger partial charge in [0.1, 0.15) is 5.76 Å². The number of rotatable bonds is 5. The quantitative estimate of drug-likeness (QED) is 0.169. The number of hydrogen-bond acceptors (Lipinski definition) is 4. The Labute approximate surface area is 231 Å². The van der Waals surface area contributed by atoms with E-state index in [0.29, 0.717) is 5.92 Å². The van der Waals surface area contributed by atoms with E-state index in [2.05, 4.69) is 55.0 Å². The SMILES string of the molecule is CC(C)(C)C(=O)/C=C(\O)C(C)(C)C.CCC(CC)c1cc(C)[c-]c(-c2cc3cnccc3cn2)c1.[Ir]. The summed E-state index contributed by atoms with van der Waals surface area (Å²) in [5.74, 6) is 0.710. The van der Waals surface area contributed by atoms with Crippen LogP contribution in [0.3, 0.4) is 0 Å². The van der Waals surface area contributed by atoms with Gasteiger partial charge in [-0.05, 0) is 23.1 Å². The van der Waals surface area contributed by atoms with Crippen LogP contribution < -0.4 is 0 Å². The second-order valence-corrected chi connectivity index (χ2v) is 11.2. The van der Waals surface area contributed by atoms with Crippen molar-refractivity contribution >= 4 is 16.6 Å². The van der Waals surface area contributed by atoms with Crippen molar-refractivity contribution in [2.75, 3.05) is 0 Å². The van der Waals surface area contributed by atoms with Gasteiger partial charge in [-0.2, -0.15) is 0 Å². The molecular formula is C31H41IrN2O2-. The minimum atomic E-state index is -0.417. The van der Waals surface area contributed by atoms with E-state index >= 15 is 0 Å². The summed E-state index contributed by atoms with van der Waals surface area (Å²) in [6.07, 6.45) is 9.26. The van der Waals surface area contributed by atoms with Gasteiger partial charge >= 0.3 is 0 Å². The van der Waals surface area contributed by atoms with Crippen LogP contribution >= 0.6 is 0 Å². The summed E-state index contributed by atoms with van der Waals surface area (Å²) < 4.78 is 0. The van der Waals surface area contributed by atoms with Crippen molar-refractivity contribution in [2.24, 2.45) is 10.8 Å². The second kappa shape index (κ2) is 13.3. The third-order valence-corrected chi connectivity index (χ3v) is 6.06. The number of aliphatic hydroxyl groups is 1. The smallest absolute Gasteiger partial charge is 0.164 e. The maximum absolute atomic E-state index is 11.5. The van der Waals surface area contributed by atoms with Gasteiger partial charge in [-0.15, -0.1) is 34.9 Å². The number of pyridine rings is 2. The fourth-order valence-corrected chi connectivity index (χ4v) is 3.56. The number of benzene rings is 1. The zero-order valence-corrected chi connectivity index (χ0v) is 25.6. The molecule has 0 aliphatic carbocycles. The first-order chi connectivity index (χ1) is 16.3. The molecule has 0 bridgehead atoms. The number of carbonyl (C=O) groups excluding carboxylic acids is 1. The molecule has 0 spiro atoms. The van der Waals surface area contributed by atoms with Crippen LogP contribution in [-0.2, 0) is 24.9 Å². The van der Waals surface area contributed by atoms with E-state index in [0.717, 1.165) is 34.9 Å². The number of carbonyl (C=O) groups is 1. The Hall–Kier alpha value is -2.36. The molecule has 0 fully saturated rings. The average Bonchev–Trinajstić information content (AvgIpc) is 2.78. The Morgan fingerprint density at radius 1 is 1.00 bits per heavy atom. The summed E-state index contributed by atoms with van der Waals surface area (Å²) in [6, 6.07) is 12.0. The van der Waals surface area contributed by atoms with Gasteiger partial charge < -0.3 is 10.1 Å². The summed E-state index contributed by atoms with van der Waals surface area (Å²) in [4.78, 5) is 20.3. The third-order valence-electron chi connectivity index (χ3n) is 6.06. The van der Waals surface area contributed by atoms with Crippen LogP contribution in [0.5, 0.6) is 0 Å². The summed E-state index contributed by atoms with van der Waals surface area (Å²) in [6.45, 7) is 17.7. The summed E-state index contributed by atoms with van der Waals surface area (Å²) in [5, 5.41) is 11.8. The van der Waals surface area contributed by atoms with Crippen LogP contribution in [0.2, 0.25) is 0 Å². The van der Waals surface area contributed by atoms with Crippen molar-refractivity contribution in [1.29, 1.82) is 0 Å². The van der Waals surface area contributed by atoms with E-state index in [4.69, 9.17) is 0 Å². The molecule has 1 radical (unpaired) electrons. The van der Waals surface area contributed by atoms with Crippen LogP contribution in [0.25, 0.3) is 22.0 Å². The number of aryl methyl sites for hydroxylation is 1. The Kier molecular flexibility index (Phi) is 11.7. The van der Waals surface area contributed by atoms with Crippen LogP contribution in [0.15, 0.2) is 54.7 Å². The van der Waals surface area contributed by atoms with Gasteiger partial charge in [-0.1, -0.05) is 81.2 Å². The van der Waals surface area contributed by atoms with Gasteiger partial charge in [0.2, 0.25) is 0 Å². The normalized spacial score (nSPS) is 12.1. The molecule has 0 aliphatic rings. The molecule has 4 nitrogen and oxygen atoms in total. The van der Waals surface area contributed by atoms with E-state index < -0.39 is 5.41 Å². The molecule has 0 saturated carbocycles. The molecule has 3 rings (SSSR count). The number of hydrogen-bond donors (Lipinski definition) is 1. The van der Waals surface area contributed by atoms with Crippen LogP contribution in [0.4, 0.5) is 0 Å². The maximum atomic E-state index is 11.5. The maximum Gasteiger partial charge on any atom is 0.164 e. The number of fused-ring (bicyclic) bond motifs is 1. The number of nitrogens with zero attached hydrogens (tertiary/aromatic N) is 2. The standard InChI is InChI=1S/C20H21N2.C11H20O2.Ir/c1-4-15(5-2)17-8-14(3)9-18(10-17)20-11-19-12-21-7-6-16(19)13-22-20;1-10(2,3)8(12)7-9(13)11(4,5)6;/h6-8,10-13,15H,4-5H2,1-3H3;7,12H,1-6H3;/q-1;;/b;8-7-;. The van der Waals surface area contributed by atoms with Crippen molar-refractivity contribution in [3.63, 3.8) is 0 Å². The Balaban J connectivity index is 0.000000402. The van der Waals surface area contributed by atoms with Crippen molar-refractivity contribution in [3.05, 3.63) is 71.9 Å². The van der Waals surface area contributed by atoms with Gasteiger partial charge in [0, 0.05) is 61.0 Å². The predicted octanol–water partition coefficient (Wildman–Crippen LogP) is 8.40. The molecule has 1 aromatic carbocycles.